The fourth-order valence-corrected chi connectivity index (χ4v) is 4.25. The maximum absolute atomic E-state index is 6.32. The van der Waals surface area contributed by atoms with Gasteiger partial charge in [0.15, 0.2) is 0 Å². The van der Waals surface area contributed by atoms with Crippen LogP contribution < -0.4 is 5.73 Å². The Bertz CT molecular complexity index is 491. The maximum atomic E-state index is 6.32. The van der Waals surface area contributed by atoms with Gasteiger partial charge in [-0.2, -0.15) is 0 Å². The fraction of sp³-hybridized carbons (Fsp3) is 0.667. The summed E-state index contributed by atoms with van der Waals surface area (Å²) >= 11 is 3.73. The number of nitrogen functional groups attached to an aromatic ring is 1. The van der Waals surface area contributed by atoms with E-state index in [2.05, 4.69) is 60.8 Å². The summed E-state index contributed by atoms with van der Waals surface area (Å²) in [7, 11) is 2.24. The molecule has 2 nitrogen and oxygen atoms in total. The number of halogens is 2. The van der Waals surface area contributed by atoms with Gasteiger partial charge in [-0.1, -0.05) is 56.0 Å². The Hall–Kier alpha value is -0.250. The van der Waals surface area contributed by atoms with E-state index in [1.807, 2.05) is 0 Å². The second-order valence-electron chi connectivity index (χ2n) is 7.49. The molecule has 0 unspecified atom stereocenters. The quantitative estimate of drug-likeness (QED) is 0.690. The molecule has 0 amide bonds. The molecule has 1 aromatic carbocycles. The summed E-state index contributed by atoms with van der Waals surface area (Å²) < 4.78 is 1.18. The zero-order chi connectivity index (χ0) is 15.6. The minimum Gasteiger partial charge on any atom is -0.398 e. The summed E-state index contributed by atoms with van der Waals surface area (Å²) in [5.41, 5.74) is 9.87. The number of nitrogens with two attached hydrogens (primary N) is 1. The number of rotatable bonds is 3. The molecule has 2 N–H and O–H groups in total. The minimum absolute atomic E-state index is 0. The first-order chi connectivity index (χ1) is 9.79. The summed E-state index contributed by atoms with van der Waals surface area (Å²) in [4.78, 5) is 2.48. The summed E-state index contributed by atoms with van der Waals surface area (Å²) in [5.74, 6) is 0. The van der Waals surface area contributed by atoms with Crippen molar-refractivity contribution in [1.82, 2.24) is 4.90 Å². The fourth-order valence-electron chi connectivity index (χ4n) is 3.26. The van der Waals surface area contributed by atoms with E-state index in [0.29, 0.717) is 0 Å². The number of hydrogen-bond donors (Lipinski definition) is 1. The molecule has 0 atom stereocenters. The largest absolute Gasteiger partial charge is 0.398 e. The van der Waals surface area contributed by atoms with Crippen molar-refractivity contribution < 1.29 is 0 Å². The predicted octanol–water partition coefficient (Wildman–Crippen LogP) is 5.52. The summed E-state index contributed by atoms with van der Waals surface area (Å²) in [6, 6.07) is 5.09. The molecule has 2 rings (SSSR count). The van der Waals surface area contributed by atoms with Crippen molar-refractivity contribution in [3.05, 3.63) is 27.7 Å². The van der Waals surface area contributed by atoms with Crippen LogP contribution in [0.4, 0.5) is 5.69 Å². The van der Waals surface area contributed by atoms with Crippen molar-refractivity contribution in [2.24, 2.45) is 0 Å². The SMILES string of the molecule is CN(Cc1cc(Br)c(C(C)(C)C)cc1N)C1CCCCC1.Cl. The van der Waals surface area contributed by atoms with Gasteiger partial charge in [-0.3, -0.25) is 4.90 Å². The first-order valence-electron chi connectivity index (χ1n) is 8.07. The average molecular weight is 390 g/mol. The highest BCUT2D eigenvalue weighted by molar-refractivity contribution is 9.10. The number of nitrogens with zero attached hydrogens (tertiary/aromatic N) is 1. The summed E-state index contributed by atoms with van der Waals surface area (Å²) in [6.45, 7) is 7.61. The molecular weight excluding hydrogens is 360 g/mol. The van der Waals surface area contributed by atoms with Gasteiger partial charge in [-0.15, -0.1) is 12.4 Å². The number of benzene rings is 1. The van der Waals surface area contributed by atoms with Crippen LogP contribution in [0.3, 0.4) is 0 Å². The molecule has 1 fully saturated rings. The molecule has 4 heteroatoms. The molecule has 1 aliphatic rings. The minimum atomic E-state index is 0. The van der Waals surface area contributed by atoms with E-state index in [1.54, 1.807) is 0 Å². The standard InChI is InChI=1S/C18H29BrN2.ClH/c1-18(2,3)15-11-17(20)13(10-16(15)19)12-21(4)14-8-6-5-7-9-14;/h10-11,14H,5-9,12,20H2,1-4H3;1H. The zero-order valence-electron chi connectivity index (χ0n) is 14.3. The molecule has 0 spiro atoms. The summed E-state index contributed by atoms with van der Waals surface area (Å²) in [5, 5.41) is 0. The Morgan fingerprint density at radius 2 is 1.77 bits per heavy atom. The second kappa shape index (κ2) is 8.03. The number of hydrogen-bond acceptors (Lipinski definition) is 2. The highest BCUT2D eigenvalue weighted by atomic mass is 79.9. The van der Waals surface area contributed by atoms with Crippen LogP contribution >= 0.6 is 28.3 Å². The van der Waals surface area contributed by atoms with Crippen molar-refractivity contribution >= 4 is 34.0 Å². The Labute approximate surface area is 150 Å². The van der Waals surface area contributed by atoms with Crippen LogP contribution in [-0.2, 0) is 12.0 Å². The molecule has 0 aliphatic heterocycles. The highest BCUT2D eigenvalue weighted by Crippen LogP contribution is 2.34. The smallest absolute Gasteiger partial charge is 0.0363 e. The van der Waals surface area contributed by atoms with Gasteiger partial charge in [0.1, 0.15) is 0 Å². The van der Waals surface area contributed by atoms with Crippen LogP contribution in [-0.4, -0.2) is 18.0 Å². The molecule has 0 heterocycles. The Morgan fingerprint density at radius 1 is 1.18 bits per heavy atom. The van der Waals surface area contributed by atoms with Gasteiger partial charge in [-0.05, 0) is 48.6 Å². The van der Waals surface area contributed by atoms with Crippen LogP contribution in [0.2, 0.25) is 0 Å². The average Bonchev–Trinajstić information content (AvgIpc) is 2.42. The predicted molar refractivity (Wildman–Crippen MR) is 103 cm³/mol. The molecule has 22 heavy (non-hydrogen) atoms. The van der Waals surface area contributed by atoms with Crippen LogP contribution in [0.5, 0.6) is 0 Å². The van der Waals surface area contributed by atoms with Crippen molar-refractivity contribution in [3.8, 4) is 0 Å². The highest BCUT2D eigenvalue weighted by Gasteiger charge is 2.21. The monoisotopic (exact) mass is 388 g/mol. The molecule has 0 saturated heterocycles. The van der Waals surface area contributed by atoms with Crippen molar-refractivity contribution in [2.45, 2.75) is 70.9 Å². The normalized spacial score (nSPS) is 16.6. The van der Waals surface area contributed by atoms with E-state index in [1.165, 1.54) is 47.7 Å². The van der Waals surface area contributed by atoms with Gasteiger partial charge in [-0.25, -0.2) is 0 Å². The van der Waals surface area contributed by atoms with Crippen LogP contribution in [0.1, 0.15) is 64.0 Å². The first-order valence-corrected chi connectivity index (χ1v) is 8.87. The molecule has 0 bridgehead atoms. The van der Waals surface area contributed by atoms with E-state index in [9.17, 15) is 0 Å². The van der Waals surface area contributed by atoms with Crippen LogP contribution in [0.15, 0.2) is 16.6 Å². The van der Waals surface area contributed by atoms with E-state index in [-0.39, 0.29) is 17.8 Å². The van der Waals surface area contributed by atoms with Gasteiger partial charge < -0.3 is 5.73 Å². The molecule has 1 saturated carbocycles. The lowest BCUT2D eigenvalue weighted by molar-refractivity contribution is 0.185. The van der Waals surface area contributed by atoms with E-state index < -0.39 is 0 Å². The van der Waals surface area contributed by atoms with Gasteiger partial charge >= 0.3 is 0 Å². The Morgan fingerprint density at radius 3 is 2.32 bits per heavy atom. The second-order valence-corrected chi connectivity index (χ2v) is 8.34. The van der Waals surface area contributed by atoms with Gasteiger partial charge in [0.2, 0.25) is 0 Å². The lowest BCUT2D eigenvalue weighted by atomic mass is 9.86. The van der Waals surface area contributed by atoms with Gasteiger partial charge in [0.05, 0.1) is 0 Å². The topological polar surface area (TPSA) is 29.3 Å². The van der Waals surface area contributed by atoms with E-state index in [4.69, 9.17) is 5.73 Å². The lowest BCUT2D eigenvalue weighted by Gasteiger charge is -2.32. The van der Waals surface area contributed by atoms with Crippen LogP contribution in [0, 0.1) is 0 Å². The molecule has 1 aliphatic carbocycles. The third kappa shape index (κ3) is 4.87. The zero-order valence-corrected chi connectivity index (χ0v) is 16.7. The van der Waals surface area contributed by atoms with Crippen molar-refractivity contribution in [1.29, 1.82) is 0 Å². The van der Waals surface area contributed by atoms with Gasteiger partial charge in [0.25, 0.3) is 0 Å². The molecular formula is C18H30BrClN2. The maximum Gasteiger partial charge on any atom is 0.0363 e. The lowest BCUT2D eigenvalue weighted by Crippen LogP contribution is -2.33. The first kappa shape index (κ1) is 19.8. The molecule has 126 valence electrons. The Kier molecular flexibility index (Phi) is 7.22. The van der Waals surface area contributed by atoms with E-state index in [0.717, 1.165) is 18.3 Å². The van der Waals surface area contributed by atoms with Crippen molar-refractivity contribution in [3.63, 3.8) is 0 Å². The summed E-state index contributed by atoms with van der Waals surface area (Å²) in [6.07, 6.45) is 6.81. The third-order valence-corrected chi connectivity index (χ3v) is 5.31. The van der Waals surface area contributed by atoms with Crippen molar-refractivity contribution in [2.75, 3.05) is 12.8 Å². The number of anilines is 1. The molecule has 0 radical (unpaired) electrons. The Balaban J connectivity index is 0.00000242. The molecule has 1 aromatic rings. The van der Waals surface area contributed by atoms with Crippen LogP contribution in [0.25, 0.3) is 0 Å². The van der Waals surface area contributed by atoms with E-state index >= 15 is 0 Å². The third-order valence-electron chi connectivity index (χ3n) is 4.65. The molecule has 0 aromatic heterocycles. The van der Waals surface area contributed by atoms with Gasteiger partial charge in [0, 0.05) is 22.7 Å².